The molecule has 1 fully saturated rings. The van der Waals surface area contributed by atoms with E-state index in [1.807, 2.05) is 20.8 Å². The lowest BCUT2D eigenvalue weighted by molar-refractivity contribution is -0.128. The number of unbranched alkanes of at least 4 members (excludes halogenated alkanes) is 1. The van der Waals surface area contributed by atoms with Crippen molar-refractivity contribution in [1.29, 1.82) is 0 Å². The van der Waals surface area contributed by atoms with Gasteiger partial charge in [0.2, 0.25) is 5.91 Å². The molecule has 3 N–H and O–H groups in total. The van der Waals surface area contributed by atoms with E-state index in [1.165, 1.54) is 32.5 Å². The van der Waals surface area contributed by atoms with E-state index in [-0.39, 0.29) is 11.3 Å². The Hall–Kier alpha value is -1.30. The average Bonchev–Trinajstić information content (AvgIpc) is 2.57. The second-order valence-electron chi connectivity index (χ2n) is 7.88. The molecule has 0 aromatic carbocycles. The molecule has 25 heavy (non-hydrogen) atoms. The molecule has 1 rings (SSSR count). The molecule has 1 amide bonds. The molecule has 0 unspecified atom stereocenters. The van der Waals surface area contributed by atoms with E-state index in [0.29, 0.717) is 19.1 Å². The van der Waals surface area contributed by atoms with Crippen LogP contribution < -0.4 is 16.0 Å². The summed E-state index contributed by atoms with van der Waals surface area (Å²) in [6, 6.07) is 0.486. The summed E-state index contributed by atoms with van der Waals surface area (Å²) >= 11 is 0. The summed E-state index contributed by atoms with van der Waals surface area (Å²) in [5.74, 6) is 0.930. The van der Waals surface area contributed by atoms with E-state index in [9.17, 15) is 4.79 Å². The monoisotopic (exact) mass is 353 g/mol. The fourth-order valence-electron chi connectivity index (χ4n) is 2.80. The van der Waals surface area contributed by atoms with Crippen LogP contribution in [0.5, 0.6) is 0 Å². The molecular weight excluding hydrogens is 314 g/mol. The van der Waals surface area contributed by atoms with Gasteiger partial charge in [-0.15, -0.1) is 0 Å². The maximum absolute atomic E-state index is 11.9. The fraction of sp³-hybridized carbons (Fsp3) is 0.895. The van der Waals surface area contributed by atoms with Gasteiger partial charge in [0.25, 0.3) is 0 Å². The van der Waals surface area contributed by atoms with Crippen molar-refractivity contribution in [3.8, 4) is 0 Å². The molecule has 6 heteroatoms. The number of rotatable bonds is 8. The third-order valence-corrected chi connectivity index (χ3v) is 4.45. The van der Waals surface area contributed by atoms with Crippen LogP contribution in [-0.2, 0) is 4.79 Å². The average molecular weight is 354 g/mol. The molecule has 0 aliphatic carbocycles. The molecule has 1 aliphatic rings. The molecule has 0 saturated carbocycles. The molecule has 0 aromatic heterocycles. The lowest BCUT2D eigenvalue weighted by atomic mass is 9.96. The van der Waals surface area contributed by atoms with Gasteiger partial charge >= 0.3 is 0 Å². The Bertz CT molecular complexity index is 409. The topological polar surface area (TPSA) is 68.8 Å². The molecule has 0 atom stereocenters. The number of nitrogens with zero attached hydrogens (tertiary/aromatic N) is 2. The minimum Gasteiger partial charge on any atom is -0.357 e. The highest BCUT2D eigenvalue weighted by Crippen LogP contribution is 2.12. The van der Waals surface area contributed by atoms with Crippen molar-refractivity contribution in [2.75, 3.05) is 39.3 Å². The summed E-state index contributed by atoms with van der Waals surface area (Å²) in [5.41, 5.74) is -0.349. The van der Waals surface area contributed by atoms with E-state index in [1.54, 1.807) is 0 Å². The van der Waals surface area contributed by atoms with Crippen molar-refractivity contribution < 1.29 is 4.79 Å². The Kier molecular flexibility index (Phi) is 9.86. The molecule has 0 aromatic rings. The number of guanidine groups is 1. The van der Waals surface area contributed by atoms with Crippen LogP contribution in [0.2, 0.25) is 0 Å². The van der Waals surface area contributed by atoms with Gasteiger partial charge in [-0.05, 0) is 32.7 Å². The zero-order valence-electron chi connectivity index (χ0n) is 17.0. The lowest BCUT2D eigenvalue weighted by Gasteiger charge is -2.33. The summed E-state index contributed by atoms with van der Waals surface area (Å²) in [6.07, 6.45) is 4.88. The first-order valence-electron chi connectivity index (χ1n) is 9.92. The molecule has 1 aliphatic heterocycles. The van der Waals surface area contributed by atoms with Crippen molar-refractivity contribution in [2.45, 2.75) is 66.3 Å². The molecular formula is C19H39N5O. The highest BCUT2D eigenvalue weighted by Gasteiger charge is 2.21. The maximum atomic E-state index is 11.9. The van der Waals surface area contributed by atoms with Crippen LogP contribution in [0.15, 0.2) is 4.99 Å². The van der Waals surface area contributed by atoms with Gasteiger partial charge < -0.3 is 20.9 Å². The predicted molar refractivity (Wildman–Crippen MR) is 106 cm³/mol. The van der Waals surface area contributed by atoms with Crippen molar-refractivity contribution in [1.82, 2.24) is 20.9 Å². The van der Waals surface area contributed by atoms with Crippen LogP contribution in [0.25, 0.3) is 0 Å². The standard InChI is InChI=1S/C19H39N5O/c1-6-8-13-24-14-9-16(10-15-24)23-18(20-7-2)22-12-11-21-17(25)19(3,4)5/h16H,6-15H2,1-5H3,(H,21,25)(H2,20,22,23). The third kappa shape index (κ3) is 9.10. The van der Waals surface area contributed by atoms with E-state index >= 15 is 0 Å². The zero-order chi connectivity index (χ0) is 18.7. The van der Waals surface area contributed by atoms with Crippen LogP contribution in [0.1, 0.15) is 60.3 Å². The van der Waals surface area contributed by atoms with Crippen LogP contribution in [0.4, 0.5) is 0 Å². The van der Waals surface area contributed by atoms with E-state index in [2.05, 4.69) is 39.7 Å². The second kappa shape index (κ2) is 11.3. The Balaban J connectivity index is 2.35. The first-order chi connectivity index (χ1) is 11.9. The Morgan fingerprint density at radius 1 is 1.16 bits per heavy atom. The number of hydrogen-bond donors (Lipinski definition) is 3. The third-order valence-electron chi connectivity index (χ3n) is 4.45. The fourth-order valence-corrected chi connectivity index (χ4v) is 2.80. The smallest absolute Gasteiger partial charge is 0.225 e. The van der Waals surface area contributed by atoms with Crippen LogP contribution in [-0.4, -0.2) is 62.1 Å². The first-order valence-corrected chi connectivity index (χ1v) is 9.92. The second-order valence-corrected chi connectivity index (χ2v) is 7.88. The minimum absolute atomic E-state index is 0.0695. The highest BCUT2D eigenvalue weighted by molar-refractivity contribution is 5.81. The molecule has 6 nitrogen and oxygen atoms in total. The summed E-state index contributed by atoms with van der Waals surface area (Å²) < 4.78 is 0. The van der Waals surface area contributed by atoms with Crippen molar-refractivity contribution in [3.05, 3.63) is 0 Å². The number of aliphatic imine (C=N–C) groups is 1. The number of hydrogen-bond acceptors (Lipinski definition) is 3. The summed E-state index contributed by atoms with van der Waals surface area (Å²) in [5, 5.41) is 9.80. The van der Waals surface area contributed by atoms with Crippen LogP contribution in [0, 0.1) is 5.41 Å². The number of piperidine rings is 1. The van der Waals surface area contributed by atoms with E-state index in [0.717, 1.165) is 25.3 Å². The Labute approximate surface area is 154 Å². The van der Waals surface area contributed by atoms with Gasteiger partial charge in [0, 0.05) is 37.6 Å². The van der Waals surface area contributed by atoms with Crippen molar-refractivity contribution in [2.24, 2.45) is 10.4 Å². The van der Waals surface area contributed by atoms with Crippen LogP contribution >= 0.6 is 0 Å². The number of carbonyl (C=O) groups excluding carboxylic acids is 1. The van der Waals surface area contributed by atoms with Crippen molar-refractivity contribution >= 4 is 11.9 Å². The largest absolute Gasteiger partial charge is 0.357 e. The van der Waals surface area contributed by atoms with Gasteiger partial charge in [-0.1, -0.05) is 34.1 Å². The van der Waals surface area contributed by atoms with Gasteiger partial charge in [-0.2, -0.15) is 0 Å². The number of amides is 1. The predicted octanol–water partition coefficient (Wildman–Crippen LogP) is 1.97. The quantitative estimate of drug-likeness (QED) is 0.354. The number of likely N-dealkylation sites (tertiary alicyclic amines) is 1. The van der Waals surface area contributed by atoms with Gasteiger partial charge in [0.05, 0.1) is 6.54 Å². The zero-order valence-corrected chi connectivity index (χ0v) is 17.0. The molecule has 0 bridgehead atoms. The minimum atomic E-state index is -0.349. The summed E-state index contributed by atoms with van der Waals surface area (Å²) in [7, 11) is 0. The first kappa shape index (κ1) is 21.7. The molecule has 0 radical (unpaired) electrons. The molecule has 146 valence electrons. The summed E-state index contributed by atoms with van der Waals surface area (Å²) in [6.45, 7) is 15.6. The molecule has 1 heterocycles. The number of carbonyl (C=O) groups is 1. The van der Waals surface area contributed by atoms with Gasteiger partial charge in [0.1, 0.15) is 0 Å². The van der Waals surface area contributed by atoms with E-state index < -0.39 is 0 Å². The molecule has 1 saturated heterocycles. The lowest BCUT2D eigenvalue weighted by Crippen LogP contribution is -2.49. The Morgan fingerprint density at radius 2 is 1.84 bits per heavy atom. The maximum Gasteiger partial charge on any atom is 0.225 e. The summed E-state index contributed by atoms with van der Waals surface area (Å²) in [4.78, 5) is 19.0. The van der Waals surface area contributed by atoms with Gasteiger partial charge in [0.15, 0.2) is 5.96 Å². The van der Waals surface area contributed by atoms with Crippen molar-refractivity contribution in [3.63, 3.8) is 0 Å². The van der Waals surface area contributed by atoms with Crippen LogP contribution in [0.3, 0.4) is 0 Å². The highest BCUT2D eigenvalue weighted by atomic mass is 16.2. The van der Waals surface area contributed by atoms with Gasteiger partial charge in [-0.3, -0.25) is 9.79 Å². The normalized spacial score (nSPS) is 17.4. The number of nitrogens with one attached hydrogen (secondary N) is 3. The molecule has 0 spiro atoms. The Morgan fingerprint density at radius 3 is 2.40 bits per heavy atom. The van der Waals surface area contributed by atoms with Gasteiger partial charge in [-0.25, -0.2) is 0 Å². The van der Waals surface area contributed by atoms with E-state index in [4.69, 9.17) is 0 Å². The SMILES string of the molecule is CCCCN1CCC(NC(=NCCNC(=O)C(C)(C)C)NCC)CC1.